The maximum Gasteiger partial charge on any atom is 0.246 e. The minimum atomic E-state index is -0.758. The highest BCUT2D eigenvalue weighted by Gasteiger charge is 2.39. The third-order valence-corrected chi connectivity index (χ3v) is 3.75. The largest absolute Gasteiger partial charge is 0.342 e. The van der Waals surface area contributed by atoms with Crippen molar-refractivity contribution < 1.29 is 18.4 Å². The SMILES string of the molecule is CC(C)C1NC(=O)C(C)N(Cc2c(F)cccc2F)C1=O. The maximum atomic E-state index is 13.7. The summed E-state index contributed by atoms with van der Waals surface area (Å²) >= 11 is 0. The quantitative estimate of drug-likeness (QED) is 0.925. The van der Waals surface area contributed by atoms with Crippen LogP contribution in [0.5, 0.6) is 0 Å². The van der Waals surface area contributed by atoms with Gasteiger partial charge in [-0.3, -0.25) is 9.59 Å². The van der Waals surface area contributed by atoms with Gasteiger partial charge in [-0.2, -0.15) is 0 Å². The van der Waals surface area contributed by atoms with E-state index in [4.69, 9.17) is 0 Å². The van der Waals surface area contributed by atoms with Crippen LogP contribution >= 0.6 is 0 Å². The van der Waals surface area contributed by atoms with Crippen molar-refractivity contribution in [2.45, 2.75) is 39.4 Å². The summed E-state index contributed by atoms with van der Waals surface area (Å²) in [7, 11) is 0. The van der Waals surface area contributed by atoms with Gasteiger partial charge in [0.25, 0.3) is 0 Å². The molecule has 2 unspecified atom stereocenters. The van der Waals surface area contributed by atoms with Crippen molar-refractivity contribution in [1.29, 1.82) is 0 Å². The van der Waals surface area contributed by atoms with E-state index in [2.05, 4.69) is 5.32 Å². The molecule has 1 N–H and O–H groups in total. The van der Waals surface area contributed by atoms with Gasteiger partial charge in [0.2, 0.25) is 11.8 Å². The predicted octanol–water partition coefficient (Wildman–Crippen LogP) is 1.84. The molecule has 1 aliphatic rings. The van der Waals surface area contributed by atoms with Gasteiger partial charge in [0, 0.05) is 5.56 Å². The van der Waals surface area contributed by atoms with Crippen molar-refractivity contribution >= 4 is 11.8 Å². The predicted molar refractivity (Wildman–Crippen MR) is 73.1 cm³/mol. The van der Waals surface area contributed by atoms with Crippen molar-refractivity contribution in [3.05, 3.63) is 35.4 Å². The van der Waals surface area contributed by atoms with Crippen LogP contribution in [0.3, 0.4) is 0 Å². The lowest BCUT2D eigenvalue weighted by atomic mass is 9.97. The number of nitrogens with one attached hydrogen (secondary N) is 1. The van der Waals surface area contributed by atoms with Crippen LogP contribution in [0.15, 0.2) is 18.2 Å². The Morgan fingerprint density at radius 2 is 1.81 bits per heavy atom. The van der Waals surface area contributed by atoms with E-state index in [1.807, 2.05) is 0 Å². The lowest BCUT2D eigenvalue weighted by Gasteiger charge is -2.38. The van der Waals surface area contributed by atoms with Crippen LogP contribution in [0, 0.1) is 17.6 Å². The Balaban J connectivity index is 2.32. The fraction of sp³-hybridized carbons (Fsp3) is 0.467. The molecule has 114 valence electrons. The number of piperazine rings is 1. The van der Waals surface area contributed by atoms with Gasteiger partial charge in [0.15, 0.2) is 0 Å². The fourth-order valence-corrected chi connectivity index (χ4v) is 2.37. The zero-order valence-corrected chi connectivity index (χ0v) is 12.2. The van der Waals surface area contributed by atoms with Crippen LogP contribution in [0.2, 0.25) is 0 Å². The smallest absolute Gasteiger partial charge is 0.246 e. The summed E-state index contributed by atoms with van der Waals surface area (Å²) in [6.07, 6.45) is 0. The molecule has 1 aromatic carbocycles. The fourth-order valence-electron chi connectivity index (χ4n) is 2.37. The van der Waals surface area contributed by atoms with E-state index in [1.54, 1.807) is 20.8 Å². The minimum Gasteiger partial charge on any atom is -0.342 e. The standard InChI is InChI=1S/C15H18F2N2O2/c1-8(2)13-15(21)19(9(3)14(20)18-13)7-10-11(16)5-4-6-12(10)17/h4-6,8-9,13H,7H2,1-3H3,(H,18,20). The van der Waals surface area contributed by atoms with Gasteiger partial charge in [-0.15, -0.1) is 0 Å². The summed E-state index contributed by atoms with van der Waals surface area (Å²) in [5.41, 5.74) is -0.199. The second-order valence-electron chi connectivity index (χ2n) is 5.57. The topological polar surface area (TPSA) is 49.4 Å². The molecule has 4 nitrogen and oxygen atoms in total. The number of nitrogens with zero attached hydrogens (tertiary/aromatic N) is 1. The average molecular weight is 296 g/mol. The molecule has 1 heterocycles. The molecule has 0 radical (unpaired) electrons. The van der Waals surface area contributed by atoms with Gasteiger partial charge in [-0.05, 0) is 25.0 Å². The van der Waals surface area contributed by atoms with Gasteiger partial charge in [0.1, 0.15) is 23.7 Å². The van der Waals surface area contributed by atoms with E-state index in [-0.39, 0.29) is 29.8 Å². The maximum absolute atomic E-state index is 13.7. The molecule has 2 rings (SSSR count). The van der Waals surface area contributed by atoms with Gasteiger partial charge >= 0.3 is 0 Å². The molecule has 0 aromatic heterocycles. The van der Waals surface area contributed by atoms with Gasteiger partial charge < -0.3 is 10.2 Å². The molecule has 0 aliphatic carbocycles. The number of halogens is 2. The molecule has 1 fully saturated rings. The lowest BCUT2D eigenvalue weighted by molar-refractivity contribution is -0.150. The Kier molecular flexibility index (Phi) is 4.25. The number of carbonyl (C=O) groups is 2. The summed E-state index contributed by atoms with van der Waals surface area (Å²) in [5.74, 6) is -2.17. The van der Waals surface area contributed by atoms with E-state index in [9.17, 15) is 18.4 Å². The summed E-state index contributed by atoms with van der Waals surface area (Å²) < 4.78 is 27.5. The minimum absolute atomic E-state index is 0.0954. The molecule has 21 heavy (non-hydrogen) atoms. The Labute approximate surface area is 122 Å². The monoisotopic (exact) mass is 296 g/mol. The summed E-state index contributed by atoms with van der Waals surface area (Å²) in [6.45, 7) is 4.90. The Bertz CT molecular complexity index is 555. The van der Waals surface area contributed by atoms with Crippen LogP contribution in [-0.4, -0.2) is 28.8 Å². The molecule has 6 heteroatoms. The van der Waals surface area contributed by atoms with E-state index in [1.165, 1.54) is 11.0 Å². The first kappa shape index (κ1) is 15.4. The van der Waals surface area contributed by atoms with E-state index in [0.29, 0.717) is 0 Å². The molecule has 0 spiro atoms. The van der Waals surface area contributed by atoms with Crippen molar-refractivity contribution in [3.63, 3.8) is 0 Å². The van der Waals surface area contributed by atoms with Crippen LogP contribution in [0.1, 0.15) is 26.3 Å². The van der Waals surface area contributed by atoms with E-state index in [0.717, 1.165) is 12.1 Å². The average Bonchev–Trinajstić information content (AvgIpc) is 2.41. The highest BCUT2D eigenvalue weighted by Crippen LogP contribution is 2.21. The van der Waals surface area contributed by atoms with E-state index >= 15 is 0 Å². The van der Waals surface area contributed by atoms with Crippen LogP contribution in [-0.2, 0) is 16.1 Å². The molecule has 1 aromatic rings. The number of rotatable bonds is 3. The van der Waals surface area contributed by atoms with Crippen molar-refractivity contribution in [3.8, 4) is 0 Å². The van der Waals surface area contributed by atoms with Crippen molar-refractivity contribution in [1.82, 2.24) is 10.2 Å². The van der Waals surface area contributed by atoms with Gasteiger partial charge in [-0.25, -0.2) is 8.78 Å². The number of amides is 2. The summed E-state index contributed by atoms with van der Waals surface area (Å²) in [5, 5.41) is 2.64. The number of hydrogen-bond donors (Lipinski definition) is 1. The summed E-state index contributed by atoms with van der Waals surface area (Å²) in [6, 6.07) is 2.11. The van der Waals surface area contributed by atoms with Crippen LogP contribution < -0.4 is 5.32 Å². The number of benzene rings is 1. The van der Waals surface area contributed by atoms with Gasteiger partial charge in [0.05, 0.1) is 6.54 Å². The number of hydrogen-bond acceptors (Lipinski definition) is 2. The third kappa shape index (κ3) is 2.89. The normalized spacial score (nSPS) is 22.7. The molecule has 0 bridgehead atoms. The Morgan fingerprint density at radius 3 is 2.33 bits per heavy atom. The number of carbonyl (C=O) groups excluding carboxylic acids is 2. The zero-order valence-electron chi connectivity index (χ0n) is 12.2. The van der Waals surface area contributed by atoms with Crippen molar-refractivity contribution in [2.75, 3.05) is 0 Å². The lowest BCUT2D eigenvalue weighted by Crippen LogP contribution is -2.63. The second kappa shape index (κ2) is 5.79. The third-order valence-electron chi connectivity index (χ3n) is 3.75. The molecular formula is C15H18F2N2O2. The first-order chi connectivity index (χ1) is 9.82. The molecular weight excluding hydrogens is 278 g/mol. The molecule has 0 saturated carbocycles. The molecule has 1 saturated heterocycles. The van der Waals surface area contributed by atoms with Crippen LogP contribution in [0.4, 0.5) is 8.78 Å². The zero-order chi connectivity index (χ0) is 15.7. The first-order valence-corrected chi connectivity index (χ1v) is 6.86. The van der Waals surface area contributed by atoms with Crippen LogP contribution in [0.25, 0.3) is 0 Å². The Hall–Kier alpha value is -1.98. The van der Waals surface area contributed by atoms with E-state index < -0.39 is 23.7 Å². The highest BCUT2D eigenvalue weighted by molar-refractivity contribution is 5.96. The molecule has 1 aliphatic heterocycles. The highest BCUT2D eigenvalue weighted by atomic mass is 19.1. The summed E-state index contributed by atoms with van der Waals surface area (Å²) in [4.78, 5) is 25.6. The van der Waals surface area contributed by atoms with Gasteiger partial charge in [-0.1, -0.05) is 19.9 Å². The molecule has 2 amide bonds. The first-order valence-electron chi connectivity index (χ1n) is 6.86. The van der Waals surface area contributed by atoms with Crippen molar-refractivity contribution in [2.24, 2.45) is 5.92 Å². The molecule has 2 atom stereocenters. The second-order valence-corrected chi connectivity index (χ2v) is 5.57. The Morgan fingerprint density at radius 1 is 1.24 bits per heavy atom.